The zero-order chi connectivity index (χ0) is 24.0. The molecule has 1 saturated heterocycles. The number of amides is 2. The van der Waals surface area contributed by atoms with Gasteiger partial charge in [-0.2, -0.15) is 0 Å². The van der Waals surface area contributed by atoms with Gasteiger partial charge in [0.1, 0.15) is 18.7 Å². The molecule has 0 saturated carbocycles. The normalized spacial score (nSPS) is 18.8. The second-order valence-corrected chi connectivity index (χ2v) is 9.01. The summed E-state index contributed by atoms with van der Waals surface area (Å²) >= 11 is 0. The molecule has 33 heavy (non-hydrogen) atoms. The fourth-order valence-electron chi connectivity index (χ4n) is 3.87. The smallest absolute Gasteiger partial charge is 0.251 e. The highest BCUT2D eigenvalue weighted by Gasteiger charge is 2.35. The summed E-state index contributed by atoms with van der Waals surface area (Å²) < 4.78 is 5.30. The van der Waals surface area contributed by atoms with E-state index in [-0.39, 0.29) is 36.2 Å². The van der Waals surface area contributed by atoms with Crippen LogP contribution in [0.2, 0.25) is 0 Å². The summed E-state index contributed by atoms with van der Waals surface area (Å²) in [6.45, 7) is 6.47. The van der Waals surface area contributed by atoms with Crippen molar-refractivity contribution in [2.75, 3.05) is 18.6 Å². The van der Waals surface area contributed by atoms with E-state index in [1.807, 2.05) is 51.2 Å². The van der Waals surface area contributed by atoms with E-state index in [4.69, 9.17) is 4.74 Å². The SMILES string of the molecule is CC(C)CC(NC(=O)c1ccc(N(C)Cc2ccccc2)cc1)C(=O)N[C@@H]1C(=O)CO[C@@H]1C. The minimum Gasteiger partial charge on any atom is -0.370 e. The molecule has 2 N–H and O–H groups in total. The van der Waals surface area contributed by atoms with Crippen molar-refractivity contribution in [3.05, 3.63) is 65.7 Å². The Morgan fingerprint density at radius 1 is 1.09 bits per heavy atom. The molecular formula is C26H33N3O4. The largest absolute Gasteiger partial charge is 0.370 e. The highest BCUT2D eigenvalue weighted by molar-refractivity contribution is 5.99. The molecule has 0 bridgehead atoms. The molecular weight excluding hydrogens is 418 g/mol. The van der Waals surface area contributed by atoms with Gasteiger partial charge in [0.2, 0.25) is 5.91 Å². The van der Waals surface area contributed by atoms with Crippen LogP contribution in [0.15, 0.2) is 54.6 Å². The Kier molecular flexibility index (Phi) is 8.22. The second-order valence-electron chi connectivity index (χ2n) is 9.01. The van der Waals surface area contributed by atoms with E-state index >= 15 is 0 Å². The van der Waals surface area contributed by atoms with Crippen LogP contribution in [0.25, 0.3) is 0 Å². The topological polar surface area (TPSA) is 87.7 Å². The zero-order valence-electron chi connectivity index (χ0n) is 19.7. The maximum Gasteiger partial charge on any atom is 0.251 e. The average Bonchev–Trinajstić information content (AvgIpc) is 3.11. The van der Waals surface area contributed by atoms with Crippen LogP contribution in [-0.4, -0.2) is 49.4 Å². The third-order valence-corrected chi connectivity index (χ3v) is 5.76. The molecule has 1 heterocycles. The summed E-state index contributed by atoms with van der Waals surface area (Å²) in [6, 6.07) is 16.0. The summed E-state index contributed by atoms with van der Waals surface area (Å²) in [5.74, 6) is -0.661. The number of hydrogen-bond donors (Lipinski definition) is 2. The molecule has 2 amide bonds. The summed E-state index contributed by atoms with van der Waals surface area (Å²) in [5, 5.41) is 5.59. The fraction of sp³-hybridized carbons (Fsp3) is 0.423. The van der Waals surface area contributed by atoms with E-state index < -0.39 is 12.1 Å². The van der Waals surface area contributed by atoms with Crippen molar-refractivity contribution in [1.29, 1.82) is 0 Å². The molecule has 2 aromatic carbocycles. The van der Waals surface area contributed by atoms with Gasteiger partial charge >= 0.3 is 0 Å². The molecule has 1 aliphatic rings. The van der Waals surface area contributed by atoms with Gasteiger partial charge in [0.25, 0.3) is 5.91 Å². The quantitative estimate of drug-likeness (QED) is 0.612. The molecule has 0 aliphatic carbocycles. The van der Waals surface area contributed by atoms with Gasteiger partial charge in [-0.15, -0.1) is 0 Å². The number of ether oxygens (including phenoxy) is 1. The predicted molar refractivity (Wildman–Crippen MR) is 128 cm³/mol. The van der Waals surface area contributed by atoms with Crippen LogP contribution < -0.4 is 15.5 Å². The number of Topliss-reactive ketones (excluding diaryl/α,β-unsaturated/α-hetero) is 1. The Morgan fingerprint density at radius 3 is 2.33 bits per heavy atom. The van der Waals surface area contributed by atoms with Crippen molar-refractivity contribution in [3.63, 3.8) is 0 Å². The number of ketones is 1. The van der Waals surface area contributed by atoms with Crippen LogP contribution in [0.5, 0.6) is 0 Å². The molecule has 1 fully saturated rings. The van der Waals surface area contributed by atoms with Crippen LogP contribution >= 0.6 is 0 Å². The summed E-state index contributed by atoms with van der Waals surface area (Å²) in [7, 11) is 2.00. The van der Waals surface area contributed by atoms with Crippen molar-refractivity contribution in [1.82, 2.24) is 10.6 Å². The van der Waals surface area contributed by atoms with Crippen LogP contribution in [-0.2, 0) is 20.9 Å². The Hall–Kier alpha value is -3.19. The van der Waals surface area contributed by atoms with E-state index in [1.54, 1.807) is 19.1 Å². The molecule has 1 unspecified atom stereocenters. The Balaban J connectivity index is 1.63. The highest BCUT2D eigenvalue weighted by Crippen LogP contribution is 2.17. The van der Waals surface area contributed by atoms with Gasteiger partial charge < -0.3 is 20.3 Å². The van der Waals surface area contributed by atoms with E-state index in [0.29, 0.717) is 12.0 Å². The predicted octanol–water partition coefficient (Wildman–Crippen LogP) is 2.94. The molecule has 176 valence electrons. The van der Waals surface area contributed by atoms with E-state index in [9.17, 15) is 14.4 Å². The minimum absolute atomic E-state index is 0.00160. The molecule has 3 atom stereocenters. The molecule has 2 aromatic rings. The van der Waals surface area contributed by atoms with Crippen molar-refractivity contribution in [2.24, 2.45) is 5.92 Å². The monoisotopic (exact) mass is 451 g/mol. The van der Waals surface area contributed by atoms with Gasteiger partial charge in [0, 0.05) is 24.8 Å². The van der Waals surface area contributed by atoms with Crippen molar-refractivity contribution in [3.8, 4) is 0 Å². The number of carbonyl (C=O) groups is 3. The summed E-state index contributed by atoms with van der Waals surface area (Å²) in [6.07, 6.45) is 0.0864. The number of anilines is 1. The van der Waals surface area contributed by atoms with Gasteiger partial charge in [-0.1, -0.05) is 44.2 Å². The first kappa shape index (κ1) is 24.5. The molecule has 1 aliphatic heterocycles. The Labute approximate surface area is 195 Å². The number of nitrogens with one attached hydrogen (secondary N) is 2. The molecule has 7 heteroatoms. The van der Waals surface area contributed by atoms with E-state index in [2.05, 4.69) is 27.7 Å². The lowest BCUT2D eigenvalue weighted by Gasteiger charge is -2.23. The molecule has 3 rings (SSSR count). The lowest BCUT2D eigenvalue weighted by Crippen LogP contribution is -2.53. The molecule has 7 nitrogen and oxygen atoms in total. The van der Waals surface area contributed by atoms with Gasteiger partial charge in [-0.3, -0.25) is 14.4 Å². The van der Waals surface area contributed by atoms with Gasteiger partial charge in [-0.25, -0.2) is 0 Å². The number of rotatable bonds is 9. The van der Waals surface area contributed by atoms with Gasteiger partial charge in [-0.05, 0) is 49.1 Å². The van der Waals surface area contributed by atoms with Gasteiger partial charge in [0.05, 0.1) is 6.10 Å². The Bertz CT molecular complexity index is 959. The second kappa shape index (κ2) is 11.1. The molecule has 0 spiro atoms. The number of carbonyl (C=O) groups excluding carboxylic acids is 3. The van der Waals surface area contributed by atoms with Gasteiger partial charge in [0.15, 0.2) is 5.78 Å². The van der Waals surface area contributed by atoms with Crippen LogP contribution in [0.4, 0.5) is 5.69 Å². The summed E-state index contributed by atoms with van der Waals surface area (Å²) in [5.41, 5.74) is 2.66. The lowest BCUT2D eigenvalue weighted by molar-refractivity contribution is -0.127. The highest BCUT2D eigenvalue weighted by atomic mass is 16.5. The third-order valence-electron chi connectivity index (χ3n) is 5.76. The fourth-order valence-corrected chi connectivity index (χ4v) is 3.87. The third kappa shape index (κ3) is 6.65. The maximum atomic E-state index is 12.9. The summed E-state index contributed by atoms with van der Waals surface area (Å²) in [4.78, 5) is 39.8. The van der Waals surface area contributed by atoms with Crippen LogP contribution in [0, 0.1) is 5.92 Å². The Morgan fingerprint density at radius 2 is 1.76 bits per heavy atom. The zero-order valence-corrected chi connectivity index (χ0v) is 19.7. The number of hydrogen-bond acceptors (Lipinski definition) is 5. The van der Waals surface area contributed by atoms with Crippen LogP contribution in [0.3, 0.4) is 0 Å². The average molecular weight is 452 g/mol. The van der Waals surface area contributed by atoms with E-state index in [0.717, 1.165) is 12.2 Å². The number of benzene rings is 2. The number of nitrogens with zero attached hydrogens (tertiary/aromatic N) is 1. The first-order valence-corrected chi connectivity index (χ1v) is 11.3. The lowest BCUT2D eigenvalue weighted by atomic mass is 10.0. The standard InChI is InChI=1S/C26H33N3O4/c1-17(2)14-22(26(32)28-24-18(3)33-16-23(24)30)27-25(31)20-10-12-21(13-11-20)29(4)15-19-8-6-5-7-9-19/h5-13,17-18,22,24H,14-16H2,1-4H3,(H,27,31)(H,28,32)/t18-,22?,24+/m1/s1. The molecule has 0 radical (unpaired) electrons. The van der Waals surface area contributed by atoms with Crippen molar-refractivity contribution in [2.45, 2.75) is 51.9 Å². The van der Waals surface area contributed by atoms with E-state index in [1.165, 1.54) is 5.56 Å². The molecule has 0 aromatic heterocycles. The first-order valence-electron chi connectivity index (χ1n) is 11.3. The van der Waals surface area contributed by atoms with Crippen molar-refractivity contribution >= 4 is 23.3 Å². The van der Waals surface area contributed by atoms with Crippen LogP contribution in [0.1, 0.15) is 43.1 Å². The van der Waals surface area contributed by atoms with Crippen molar-refractivity contribution < 1.29 is 19.1 Å². The minimum atomic E-state index is -0.737. The first-order chi connectivity index (χ1) is 15.7. The maximum absolute atomic E-state index is 12.9.